The minimum absolute atomic E-state index is 0.0136. The molecule has 0 bridgehead atoms. The molecule has 1 aromatic heterocycles. The fourth-order valence-electron chi connectivity index (χ4n) is 3.95. The molecule has 0 radical (unpaired) electrons. The molecule has 1 saturated heterocycles. The zero-order valence-corrected chi connectivity index (χ0v) is 18.2. The summed E-state index contributed by atoms with van der Waals surface area (Å²) in [5.41, 5.74) is 3.38. The van der Waals surface area contributed by atoms with E-state index in [0.717, 1.165) is 36.0 Å². The predicted molar refractivity (Wildman–Crippen MR) is 122 cm³/mol. The van der Waals surface area contributed by atoms with Gasteiger partial charge in [0.2, 0.25) is 5.91 Å². The van der Waals surface area contributed by atoms with Gasteiger partial charge in [-0.3, -0.25) is 4.79 Å². The third-order valence-corrected chi connectivity index (χ3v) is 5.51. The standard InChI is InChI=1S/C24H28N4O3/c1-4-31-24-22(25-18-9-5-6-10-19(18)27-24)28-13-7-8-17(15-28)23(29)26-20-14-16(2)11-12-21(20)30-3/h5-6,9-12,14,17H,4,7-8,13,15H2,1-3H3,(H,26,29)/t17-/m0/s1. The molecule has 0 unspecified atom stereocenters. The number of fused-ring (bicyclic) bond motifs is 1. The number of hydrogen-bond acceptors (Lipinski definition) is 6. The van der Waals surface area contributed by atoms with Crippen LogP contribution in [0, 0.1) is 12.8 Å². The van der Waals surface area contributed by atoms with E-state index in [1.165, 1.54) is 0 Å². The van der Waals surface area contributed by atoms with Gasteiger partial charge >= 0.3 is 0 Å². The second kappa shape index (κ2) is 9.20. The average Bonchev–Trinajstić information content (AvgIpc) is 2.79. The van der Waals surface area contributed by atoms with Crippen molar-refractivity contribution >= 4 is 28.4 Å². The van der Waals surface area contributed by atoms with Crippen molar-refractivity contribution in [1.29, 1.82) is 0 Å². The summed E-state index contributed by atoms with van der Waals surface area (Å²) in [4.78, 5) is 24.7. The van der Waals surface area contributed by atoms with E-state index in [1.807, 2.05) is 56.3 Å². The number of nitrogens with zero attached hydrogens (tertiary/aromatic N) is 3. The first-order chi connectivity index (χ1) is 15.1. The highest BCUT2D eigenvalue weighted by atomic mass is 16.5. The lowest BCUT2D eigenvalue weighted by atomic mass is 9.97. The summed E-state index contributed by atoms with van der Waals surface area (Å²) in [6, 6.07) is 13.5. The number of ether oxygens (including phenoxy) is 2. The van der Waals surface area contributed by atoms with Crippen molar-refractivity contribution in [2.75, 3.05) is 37.0 Å². The molecule has 1 atom stereocenters. The summed E-state index contributed by atoms with van der Waals surface area (Å²) in [7, 11) is 1.61. The fraction of sp³-hybridized carbons (Fsp3) is 0.375. The van der Waals surface area contributed by atoms with E-state index in [-0.39, 0.29) is 11.8 Å². The number of amides is 1. The largest absolute Gasteiger partial charge is 0.495 e. The molecule has 162 valence electrons. The van der Waals surface area contributed by atoms with Crippen LogP contribution in [0.2, 0.25) is 0 Å². The average molecular weight is 421 g/mol. The SMILES string of the molecule is CCOc1nc2ccccc2nc1N1CCC[C@H](C(=O)Nc2cc(C)ccc2OC)C1. The lowest BCUT2D eigenvalue weighted by molar-refractivity contribution is -0.120. The van der Waals surface area contributed by atoms with Crippen molar-refractivity contribution in [3.8, 4) is 11.6 Å². The number of nitrogens with one attached hydrogen (secondary N) is 1. The van der Waals surface area contributed by atoms with Crippen LogP contribution >= 0.6 is 0 Å². The first kappa shape index (κ1) is 20.9. The number of carbonyl (C=O) groups is 1. The number of carbonyl (C=O) groups excluding carboxylic acids is 1. The molecule has 1 aliphatic heterocycles. The number of rotatable bonds is 6. The number of aryl methyl sites for hydroxylation is 1. The minimum atomic E-state index is -0.165. The van der Waals surface area contributed by atoms with Crippen LogP contribution in [-0.4, -0.2) is 42.7 Å². The summed E-state index contributed by atoms with van der Waals surface area (Å²) in [6.07, 6.45) is 1.71. The van der Waals surface area contributed by atoms with E-state index >= 15 is 0 Å². The molecule has 0 spiro atoms. The summed E-state index contributed by atoms with van der Waals surface area (Å²) in [5.74, 6) is 1.70. The van der Waals surface area contributed by atoms with Gasteiger partial charge < -0.3 is 19.7 Å². The van der Waals surface area contributed by atoms with Gasteiger partial charge in [0.15, 0.2) is 5.82 Å². The Hall–Kier alpha value is -3.35. The molecular formula is C24H28N4O3. The summed E-state index contributed by atoms with van der Waals surface area (Å²) in [6.45, 7) is 5.80. The maximum absolute atomic E-state index is 13.1. The summed E-state index contributed by atoms with van der Waals surface area (Å²) < 4.78 is 11.2. The van der Waals surface area contributed by atoms with Crippen molar-refractivity contribution in [3.63, 3.8) is 0 Å². The molecule has 1 N–H and O–H groups in total. The predicted octanol–water partition coefficient (Wildman–Crippen LogP) is 4.20. The van der Waals surface area contributed by atoms with Crippen LogP contribution < -0.4 is 19.7 Å². The minimum Gasteiger partial charge on any atom is -0.495 e. The van der Waals surface area contributed by atoms with E-state index in [1.54, 1.807) is 7.11 Å². The number of methoxy groups -OCH3 is 1. The maximum atomic E-state index is 13.1. The molecule has 1 amide bonds. The fourth-order valence-corrected chi connectivity index (χ4v) is 3.95. The first-order valence-corrected chi connectivity index (χ1v) is 10.7. The maximum Gasteiger partial charge on any atom is 0.258 e. The van der Waals surface area contributed by atoms with Crippen LogP contribution in [0.4, 0.5) is 11.5 Å². The lowest BCUT2D eigenvalue weighted by Gasteiger charge is -2.33. The van der Waals surface area contributed by atoms with E-state index in [0.29, 0.717) is 36.3 Å². The molecular weight excluding hydrogens is 392 g/mol. The Kier molecular flexibility index (Phi) is 6.21. The third-order valence-electron chi connectivity index (χ3n) is 5.51. The monoisotopic (exact) mass is 420 g/mol. The van der Waals surface area contributed by atoms with Crippen molar-refractivity contribution in [2.24, 2.45) is 5.92 Å². The van der Waals surface area contributed by atoms with Crippen LogP contribution in [-0.2, 0) is 4.79 Å². The topological polar surface area (TPSA) is 76.6 Å². The third kappa shape index (κ3) is 4.55. The van der Waals surface area contributed by atoms with Crippen LogP contribution in [0.1, 0.15) is 25.3 Å². The molecule has 0 aliphatic carbocycles. The summed E-state index contributed by atoms with van der Waals surface area (Å²) >= 11 is 0. The number of benzene rings is 2. The molecule has 1 aliphatic rings. The number of hydrogen-bond donors (Lipinski definition) is 1. The number of piperidine rings is 1. The molecule has 7 nitrogen and oxygen atoms in total. The Balaban J connectivity index is 1.57. The Morgan fingerprint density at radius 2 is 1.97 bits per heavy atom. The van der Waals surface area contributed by atoms with Gasteiger partial charge in [-0.2, -0.15) is 0 Å². The molecule has 2 aromatic carbocycles. The normalized spacial score (nSPS) is 16.2. The molecule has 0 saturated carbocycles. The van der Waals surface area contributed by atoms with Crippen LogP contribution in [0.15, 0.2) is 42.5 Å². The van der Waals surface area contributed by atoms with Gasteiger partial charge in [-0.25, -0.2) is 9.97 Å². The molecule has 4 rings (SSSR count). The molecule has 31 heavy (non-hydrogen) atoms. The van der Waals surface area contributed by atoms with Crippen molar-refractivity contribution < 1.29 is 14.3 Å². The highest BCUT2D eigenvalue weighted by molar-refractivity contribution is 5.94. The van der Waals surface area contributed by atoms with Crippen molar-refractivity contribution in [2.45, 2.75) is 26.7 Å². The van der Waals surface area contributed by atoms with Crippen molar-refractivity contribution in [1.82, 2.24) is 9.97 Å². The number of para-hydroxylation sites is 2. The van der Waals surface area contributed by atoms with Gasteiger partial charge in [0.1, 0.15) is 5.75 Å². The van der Waals surface area contributed by atoms with Crippen LogP contribution in [0.3, 0.4) is 0 Å². The Morgan fingerprint density at radius 1 is 1.19 bits per heavy atom. The van der Waals surface area contributed by atoms with Crippen molar-refractivity contribution in [3.05, 3.63) is 48.0 Å². The smallest absolute Gasteiger partial charge is 0.258 e. The number of aromatic nitrogens is 2. The van der Waals surface area contributed by atoms with Gasteiger partial charge in [-0.1, -0.05) is 18.2 Å². The number of anilines is 2. The first-order valence-electron chi connectivity index (χ1n) is 10.7. The molecule has 7 heteroatoms. The van der Waals surface area contributed by atoms with E-state index in [4.69, 9.17) is 14.5 Å². The van der Waals surface area contributed by atoms with E-state index in [2.05, 4.69) is 15.2 Å². The van der Waals surface area contributed by atoms with E-state index < -0.39 is 0 Å². The Morgan fingerprint density at radius 3 is 2.71 bits per heavy atom. The van der Waals surface area contributed by atoms with E-state index in [9.17, 15) is 4.79 Å². The van der Waals surface area contributed by atoms with Gasteiger partial charge in [0, 0.05) is 13.1 Å². The van der Waals surface area contributed by atoms with Crippen LogP contribution in [0.25, 0.3) is 11.0 Å². The highest BCUT2D eigenvalue weighted by Gasteiger charge is 2.29. The van der Waals surface area contributed by atoms with Crippen LogP contribution in [0.5, 0.6) is 11.6 Å². The molecule has 3 aromatic rings. The van der Waals surface area contributed by atoms with Gasteiger partial charge in [-0.15, -0.1) is 0 Å². The molecule has 2 heterocycles. The Labute approximate surface area is 182 Å². The lowest BCUT2D eigenvalue weighted by Crippen LogP contribution is -2.41. The Bertz CT molecular complexity index is 1090. The second-order valence-corrected chi connectivity index (χ2v) is 7.75. The second-order valence-electron chi connectivity index (χ2n) is 7.75. The quantitative estimate of drug-likeness (QED) is 0.644. The summed E-state index contributed by atoms with van der Waals surface area (Å²) in [5, 5.41) is 3.06. The van der Waals surface area contributed by atoms with Gasteiger partial charge in [0.25, 0.3) is 5.88 Å². The molecule has 1 fully saturated rings. The zero-order chi connectivity index (χ0) is 21.8. The highest BCUT2D eigenvalue weighted by Crippen LogP contribution is 2.32. The van der Waals surface area contributed by atoms with Gasteiger partial charge in [0.05, 0.1) is 36.4 Å². The zero-order valence-electron chi connectivity index (χ0n) is 18.2. The van der Waals surface area contributed by atoms with Gasteiger partial charge in [-0.05, 0) is 56.5 Å².